The highest BCUT2D eigenvalue weighted by molar-refractivity contribution is 6.29. The fraction of sp³-hybridized carbons (Fsp3) is 0.0833. The molecule has 0 spiro atoms. The van der Waals surface area contributed by atoms with Crippen molar-refractivity contribution >= 4 is 17.6 Å². The van der Waals surface area contributed by atoms with Gasteiger partial charge in [0, 0.05) is 6.07 Å². The Morgan fingerprint density at radius 2 is 2.00 bits per heavy atom. The van der Waals surface area contributed by atoms with E-state index in [1.807, 2.05) is 0 Å². The van der Waals surface area contributed by atoms with E-state index in [0.29, 0.717) is 5.75 Å². The number of aromatic carboxylic acids is 1. The first-order valence-electron chi connectivity index (χ1n) is 5.18. The summed E-state index contributed by atoms with van der Waals surface area (Å²) in [5.41, 5.74) is 0.103. The van der Waals surface area contributed by atoms with Crippen molar-refractivity contribution in [3.05, 3.63) is 41.0 Å². The van der Waals surface area contributed by atoms with Crippen molar-refractivity contribution in [1.29, 1.82) is 0 Å². The third-order valence-corrected chi connectivity index (χ3v) is 2.43. The van der Waals surface area contributed by atoms with Crippen molar-refractivity contribution in [3.63, 3.8) is 0 Å². The summed E-state index contributed by atoms with van der Waals surface area (Å²) >= 11 is 5.61. The second-order valence-corrected chi connectivity index (χ2v) is 3.85. The van der Waals surface area contributed by atoms with Gasteiger partial charge < -0.3 is 14.6 Å². The minimum atomic E-state index is -1.05. The number of carbonyl (C=O) groups is 1. The van der Waals surface area contributed by atoms with Gasteiger partial charge in [-0.2, -0.15) is 0 Å². The van der Waals surface area contributed by atoms with E-state index in [9.17, 15) is 4.79 Å². The predicted octanol–water partition coefficient (Wildman–Crippen LogP) is 2.63. The van der Waals surface area contributed by atoms with Gasteiger partial charge in [0.25, 0.3) is 0 Å². The van der Waals surface area contributed by atoms with Crippen LogP contribution in [0.5, 0.6) is 17.4 Å². The first-order chi connectivity index (χ1) is 9.10. The van der Waals surface area contributed by atoms with Gasteiger partial charge in [0.15, 0.2) is 16.7 Å². The summed E-state index contributed by atoms with van der Waals surface area (Å²) in [7, 11) is 1.42. The summed E-state index contributed by atoms with van der Waals surface area (Å²) < 4.78 is 10.5. The average Bonchev–Trinajstić information content (AvgIpc) is 2.41. The molecular weight excluding hydrogens is 272 g/mol. The molecule has 0 unspecified atom stereocenters. The zero-order chi connectivity index (χ0) is 13.8. The molecule has 0 aliphatic rings. The first-order valence-corrected chi connectivity index (χ1v) is 5.56. The molecular formula is C12H9ClN2O4. The van der Waals surface area contributed by atoms with E-state index in [1.165, 1.54) is 31.4 Å². The van der Waals surface area contributed by atoms with Crippen LogP contribution in [0.2, 0.25) is 5.15 Å². The number of carboxylic acid groups (broad SMARTS) is 1. The van der Waals surface area contributed by atoms with E-state index in [2.05, 4.69) is 10.2 Å². The summed E-state index contributed by atoms with van der Waals surface area (Å²) in [6.07, 6.45) is 0. The Labute approximate surface area is 113 Å². The molecule has 1 heterocycles. The van der Waals surface area contributed by atoms with Crippen LogP contribution in [-0.2, 0) is 0 Å². The molecule has 7 heteroatoms. The number of ether oxygens (including phenoxy) is 2. The van der Waals surface area contributed by atoms with E-state index < -0.39 is 5.97 Å². The molecule has 1 aromatic carbocycles. The fourth-order valence-corrected chi connectivity index (χ4v) is 1.46. The zero-order valence-electron chi connectivity index (χ0n) is 9.83. The number of benzene rings is 1. The minimum Gasteiger partial charge on any atom is -0.493 e. The molecule has 1 aromatic heterocycles. The highest BCUT2D eigenvalue weighted by Gasteiger charge is 2.11. The monoisotopic (exact) mass is 280 g/mol. The maximum atomic E-state index is 10.8. The SMILES string of the molecule is COc1cc(C(=O)O)ccc1Oc1ccc(Cl)nn1. The van der Waals surface area contributed by atoms with E-state index >= 15 is 0 Å². The molecule has 0 bridgehead atoms. The smallest absolute Gasteiger partial charge is 0.335 e. The van der Waals surface area contributed by atoms with Gasteiger partial charge in [0.05, 0.1) is 12.7 Å². The molecule has 0 saturated carbocycles. The van der Waals surface area contributed by atoms with Crippen molar-refractivity contribution in [1.82, 2.24) is 10.2 Å². The highest BCUT2D eigenvalue weighted by atomic mass is 35.5. The number of methoxy groups -OCH3 is 1. The molecule has 0 fully saturated rings. The van der Waals surface area contributed by atoms with Crippen LogP contribution in [0.3, 0.4) is 0 Å². The Kier molecular flexibility index (Phi) is 3.82. The molecule has 2 aromatic rings. The second kappa shape index (κ2) is 5.53. The lowest BCUT2D eigenvalue weighted by Gasteiger charge is -2.09. The molecule has 98 valence electrons. The second-order valence-electron chi connectivity index (χ2n) is 3.47. The predicted molar refractivity (Wildman–Crippen MR) is 67.1 cm³/mol. The van der Waals surface area contributed by atoms with Gasteiger partial charge in [0.2, 0.25) is 5.88 Å². The third-order valence-electron chi connectivity index (χ3n) is 2.23. The Morgan fingerprint density at radius 1 is 1.21 bits per heavy atom. The minimum absolute atomic E-state index is 0.103. The molecule has 0 aliphatic heterocycles. The lowest BCUT2D eigenvalue weighted by Crippen LogP contribution is -1.99. The van der Waals surface area contributed by atoms with E-state index in [4.69, 9.17) is 26.2 Å². The Hall–Kier alpha value is -2.34. The van der Waals surface area contributed by atoms with Crippen molar-refractivity contribution in [2.45, 2.75) is 0 Å². The molecule has 0 atom stereocenters. The van der Waals surface area contributed by atoms with Crippen LogP contribution in [0.15, 0.2) is 30.3 Å². The van der Waals surface area contributed by atoms with Gasteiger partial charge in [-0.1, -0.05) is 11.6 Å². The molecule has 0 radical (unpaired) electrons. The van der Waals surface area contributed by atoms with E-state index in [1.54, 1.807) is 6.07 Å². The zero-order valence-corrected chi connectivity index (χ0v) is 10.6. The first kappa shape index (κ1) is 13.1. The van der Waals surface area contributed by atoms with Crippen LogP contribution in [0.1, 0.15) is 10.4 Å². The summed E-state index contributed by atoms with van der Waals surface area (Å²) in [5, 5.41) is 16.5. The largest absolute Gasteiger partial charge is 0.493 e. The lowest BCUT2D eigenvalue weighted by atomic mass is 10.2. The van der Waals surface area contributed by atoms with Crippen molar-refractivity contribution in [2.75, 3.05) is 7.11 Å². The number of nitrogens with zero attached hydrogens (tertiary/aromatic N) is 2. The van der Waals surface area contributed by atoms with Crippen LogP contribution < -0.4 is 9.47 Å². The fourth-order valence-electron chi connectivity index (χ4n) is 1.36. The van der Waals surface area contributed by atoms with Crippen molar-refractivity contribution in [3.8, 4) is 17.4 Å². The number of hydrogen-bond donors (Lipinski definition) is 1. The van der Waals surface area contributed by atoms with Crippen LogP contribution in [0.4, 0.5) is 0 Å². The molecule has 6 nitrogen and oxygen atoms in total. The molecule has 0 saturated heterocycles. The van der Waals surface area contributed by atoms with Gasteiger partial charge in [-0.15, -0.1) is 10.2 Å². The van der Waals surface area contributed by atoms with E-state index in [-0.39, 0.29) is 22.3 Å². The van der Waals surface area contributed by atoms with Gasteiger partial charge >= 0.3 is 5.97 Å². The molecule has 1 N–H and O–H groups in total. The Morgan fingerprint density at radius 3 is 2.58 bits per heavy atom. The number of rotatable bonds is 4. The molecule has 19 heavy (non-hydrogen) atoms. The lowest BCUT2D eigenvalue weighted by molar-refractivity contribution is 0.0696. The highest BCUT2D eigenvalue weighted by Crippen LogP contribution is 2.31. The Bertz CT molecular complexity index is 601. The van der Waals surface area contributed by atoms with Crippen molar-refractivity contribution < 1.29 is 19.4 Å². The summed E-state index contributed by atoms with van der Waals surface area (Å²) in [5.74, 6) is -0.192. The maximum Gasteiger partial charge on any atom is 0.335 e. The van der Waals surface area contributed by atoms with Gasteiger partial charge in [-0.05, 0) is 24.3 Å². The summed E-state index contributed by atoms with van der Waals surface area (Å²) in [6, 6.07) is 7.32. The summed E-state index contributed by atoms with van der Waals surface area (Å²) in [4.78, 5) is 10.8. The number of halogens is 1. The molecule has 0 aliphatic carbocycles. The summed E-state index contributed by atoms with van der Waals surface area (Å²) in [6.45, 7) is 0. The topological polar surface area (TPSA) is 81.5 Å². The van der Waals surface area contributed by atoms with E-state index in [0.717, 1.165) is 0 Å². The van der Waals surface area contributed by atoms with Crippen LogP contribution in [-0.4, -0.2) is 28.4 Å². The van der Waals surface area contributed by atoms with Gasteiger partial charge in [0.1, 0.15) is 0 Å². The number of hydrogen-bond acceptors (Lipinski definition) is 5. The van der Waals surface area contributed by atoms with Crippen LogP contribution >= 0.6 is 11.6 Å². The third kappa shape index (κ3) is 3.11. The molecule has 0 amide bonds. The quantitative estimate of drug-likeness (QED) is 0.927. The Balaban J connectivity index is 2.29. The maximum absolute atomic E-state index is 10.8. The van der Waals surface area contributed by atoms with Crippen LogP contribution in [0.25, 0.3) is 0 Å². The van der Waals surface area contributed by atoms with Crippen LogP contribution in [0, 0.1) is 0 Å². The normalized spacial score (nSPS) is 10.0. The number of carboxylic acids is 1. The molecule has 2 rings (SSSR count). The standard InChI is InChI=1S/C12H9ClN2O4/c1-18-9-6-7(12(16)17)2-3-8(9)19-11-5-4-10(13)14-15-11/h2-6H,1H3,(H,16,17). The average molecular weight is 281 g/mol. The van der Waals surface area contributed by atoms with Gasteiger partial charge in [-0.25, -0.2) is 4.79 Å². The van der Waals surface area contributed by atoms with Crippen molar-refractivity contribution in [2.24, 2.45) is 0 Å². The number of aromatic nitrogens is 2. The van der Waals surface area contributed by atoms with Gasteiger partial charge in [-0.3, -0.25) is 0 Å².